The molecule has 0 spiro atoms. The summed E-state index contributed by atoms with van der Waals surface area (Å²) in [6.07, 6.45) is 3.65. The molecule has 3 aliphatic heterocycles. The molecule has 172 valence electrons. The standard InChI is InChI=1S/C23H28ClN3O4S/c24-15-3-5-16(6-4-15)32(29)21-8-23(21,20-12-30-11-19(27(20)32)13-1-2-13)31-22(28)26-10-18-17-7-14(17)9-25-18/h3-6,13-14,17-20,25H,1-2,7-12H2,(H,26,28)/t14?,17?,18?,19-,20+,23?,32?/m0/s1. The van der Waals surface area contributed by atoms with Gasteiger partial charge in [0.05, 0.1) is 33.8 Å². The lowest BCUT2D eigenvalue weighted by atomic mass is 10.0. The van der Waals surface area contributed by atoms with Gasteiger partial charge < -0.3 is 20.1 Å². The monoisotopic (exact) mass is 477 g/mol. The van der Waals surface area contributed by atoms with Gasteiger partial charge in [-0.3, -0.25) is 0 Å². The van der Waals surface area contributed by atoms with Crippen molar-refractivity contribution in [1.82, 2.24) is 14.9 Å². The summed E-state index contributed by atoms with van der Waals surface area (Å²) >= 11 is 6.12. The van der Waals surface area contributed by atoms with Crippen molar-refractivity contribution in [2.75, 3.05) is 26.3 Å². The number of hydrogen-bond donors (Lipinski definition) is 2. The third kappa shape index (κ3) is 2.86. The molecule has 0 radical (unpaired) electrons. The molecule has 7 nitrogen and oxygen atoms in total. The van der Waals surface area contributed by atoms with Crippen LogP contribution in [0.3, 0.4) is 0 Å². The SMILES string of the molecule is O=C(NCC1NCC2CC21)OC12CC1=S(=O)(c1ccc(Cl)cc1)N1[C@H](C3CC3)COC[C@@H]12. The smallest absolute Gasteiger partial charge is 0.408 e. The first-order chi connectivity index (χ1) is 15.5. The molecule has 1 aromatic carbocycles. The van der Waals surface area contributed by atoms with Gasteiger partial charge in [-0.2, -0.15) is 0 Å². The Kier molecular flexibility index (Phi) is 4.30. The number of fused-ring (bicyclic) bond motifs is 4. The average molecular weight is 478 g/mol. The Morgan fingerprint density at radius 2 is 2.09 bits per heavy atom. The Balaban J connectivity index is 1.19. The second-order valence-corrected chi connectivity index (χ2v) is 13.1. The van der Waals surface area contributed by atoms with E-state index in [0.717, 1.165) is 35.1 Å². The molecular weight excluding hydrogens is 450 g/mol. The van der Waals surface area contributed by atoms with Crippen LogP contribution in [0, 0.1) is 17.8 Å². The maximum atomic E-state index is 14.7. The number of morpholine rings is 1. The van der Waals surface area contributed by atoms with Crippen molar-refractivity contribution in [3.63, 3.8) is 0 Å². The van der Waals surface area contributed by atoms with E-state index < -0.39 is 21.4 Å². The minimum atomic E-state index is -2.65. The van der Waals surface area contributed by atoms with Gasteiger partial charge in [0.2, 0.25) is 0 Å². The zero-order valence-electron chi connectivity index (χ0n) is 17.8. The van der Waals surface area contributed by atoms with Crippen LogP contribution < -0.4 is 10.6 Å². The lowest BCUT2D eigenvalue weighted by Crippen LogP contribution is -2.58. The summed E-state index contributed by atoms with van der Waals surface area (Å²) in [4.78, 5) is 14.5. The van der Waals surface area contributed by atoms with Crippen LogP contribution in [0.2, 0.25) is 5.02 Å². The maximum absolute atomic E-state index is 14.7. The van der Waals surface area contributed by atoms with Gasteiger partial charge in [-0.25, -0.2) is 13.3 Å². The van der Waals surface area contributed by atoms with Crippen molar-refractivity contribution in [2.45, 2.75) is 54.3 Å². The van der Waals surface area contributed by atoms with Gasteiger partial charge >= 0.3 is 6.09 Å². The molecule has 2 saturated heterocycles. The lowest BCUT2D eigenvalue weighted by Gasteiger charge is -2.43. The highest BCUT2D eigenvalue weighted by Crippen LogP contribution is 2.56. The van der Waals surface area contributed by atoms with Gasteiger partial charge in [-0.05, 0) is 67.8 Å². The number of ether oxygens (including phenoxy) is 2. The Labute approximate surface area is 193 Å². The van der Waals surface area contributed by atoms with Crippen LogP contribution in [0.25, 0.3) is 0 Å². The van der Waals surface area contributed by atoms with Crippen molar-refractivity contribution in [2.24, 2.45) is 17.8 Å². The molecule has 3 saturated carbocycles. The van der Waals surface area contributed by atoms with Crippen LogP contribution >= 0.6 is 11.6 Å². The molecule has 6 aliphatic rings. The number of alkyl carbamates (subject to hydrolysis) is 1. The zero-order chi connectivity index (χ0) is 21.7. The number of benzene rings is 1. The fraction of sp³-hybridized carbons (Fsp3) is 0.652. The number of piperidine rings is 1. The van der Waals surface area contributed by atoms with Crippen LogP contribution in [-0.4, -0.2) is 69.5 Å². The summed E-state index contributed by atoms with van der Waals surface area (Å²) in [6.45, 7) is 2.64. The van der Waals surface area contributed by atoms with E-state index in [1.807, 2.05) is 12.1 Å². The minimum Gasteiger partial charge on any atom is -0.436 e. The first-order valence-corrected chi connectivity index (χ1v) is 13.6. The highest BCUT2D eigenvalue weighted by Gasteiger charge is 2.73. The molecule has 9 heteroatoms. The number of halogens is 1. The molecule has 3 aliphatic carbocycles. The molecule has 0 aromatic heterocycles. The first kappa shape index (κ1) is 20.1. The molecule has 5 fully saturated rings. The summed E-state index contributed by atoms with van der Waals surface area (Å²) in [6, 6.07) is 7.53. The van der Waals surface area contributed by atoms with Crippen LogP contribution in [-0.2, 0) is 19.2 Å². The molecular formula is C23H28ClN3O4S. The highest BCUT2D eigenvalue weighted by molar-refractivity contribution is 8.01. The predicted molar refractivity (Wildman–Crippen MR) is 121 cm³/mol. The number of nitrogens with one attached hydrogen (secondary N) is 2. The zero-order valence-corrected chi connectivity index (χ0v) is 19.4. The summed E-state index contributed by atoms with van der Waals surface area (Å²) < 4.78 is 29.0. The fourth-order valence-corrected chi connectivity index (χ4v) is 9.96. The minimum absolute atomic E-state index is 0.0928. The second-order valence-electron chi connectivity index (χ2n) is 10.2. The number of rotatable bonds is 5. The molecule has 5 unspecified atom stereocenters. The van der Waals surface area contributed by atoms with Crippen LogP contribution in [0.5, 0.6) is 0 Å². The van der Waals surface area contributed by atoms with Crippen LogP contribution in [0.1, 0.15) is 25.7 Å². The van der Waals surface area contributed by atoms with Gasteiger partial charge in [-0.15, -0.1) is 0 Å². The number of hydrogen-bond acceptors (Lipinski definition) is 5. The quantitative estimate of drug-likeness (QED) is 0.634. The lowest BCUT2D eigenvalue weighted by molar-refractivity contribution is -0.0577. The van der Waals surface area contributed by atoms with Crippen molar-refractivity contribution in [1.29, 1.82) is 0 Å². The van der Waals surface area contributed by atoms with Crippen LogP contribution in [0.4, 0.5) is 4.79 Å². The summed E-state index contributed by atoms with van der Waals surface area (Å²) in [5, 5.41) is 7.06. The van der Waals surface area contributed by atoms with Crippen molar-refractivity contribution in [3.8, 4) is 0 Å². The van der Waals surface area contributed by atoms with Gasteiger partial charge in [0, 0.05) is 35.0 Å². The predicted octanol–water partition coefficient (Wildman–Crippen LogP) is 2.04. The van der Waals surface area contributed by atoms with E-state index >= 15 is 0 Å². The van der Waals surface area contributed by atoms with E-state index in [9.17, 15) is 9.00 Å². The third-order valence-electron chi connectivity index (χ3n) is 8.31. The summed E-state index contributed by atoms with van der Waals surface area (Å²) in [5.41, 5.74) is -0.820. The molecule has 3 heterocycles. The molecule has 1 aromatic rings. The Morgan fingerprint density at radius 3 is 2.78 bits per heavy atom. The molecule has 7 rings (SSSR count). The van der Waals surface area contributed by atoms with Crippen molar-refractivity contribution < 1.29 is 18.5 Å². The molecule has 1 amide bonds. The average Bonchev–Trinajstić information content (AvgIpc) is 3.70. The number of carbonyl (C=O) groups excluding carboxylic acids is 1. The Morgan fingerprint density at radius 1 is 1.28 bits per heavy atom. The van der Waals surface area contributed by atoms with E-state index in [1.165, 1.54) is 6.42 Å². The first-order valence-electron chi connectivity index (χ1n) is 11.7. The van der Waals surface area contributed by atoms with Gasteiger partial charge in [0.15, 0.2) is 5.60 Å². The summed E-state index contributed by atoms with van der Waals surface area (Å²) in [5.74, 6) is 1.97. The molecule has 2 N–H and O–H groups in total. The fourth-order valence-electron chi connectivity index (χ4n) is 6.29. The second kappa shape index (κ2) is 6.85. The van der Waals surface area contributed by atoms with E-state index in [2.05, 4.69) is 14.9 Å². The molecule has 7 atom stereocenters. The van der Waals surface area contributed by atoms with Gasteiger partial charge in [0.25, 0.3) is 0 Å². The number of carbonyl (C=O) groups is 1. The Hall–Kier alpha value is -1.32. The van der Waals surface area contributed by atoms with E-state index in [0.29, 0.717) is 49.1 Å². The van der Waals surface area contributed by atoms with Gasteiger partial charge in [-0.1, -0.05) is 11.6 Å². The van der Waals surface area contributed by atoms with Crippen molar-refractivity contribution >= 4 is 32.3 Å². The third-order valence-corrected chi connectivity index (χ3v) is 11.8. The Bertz CT molecular complexity index is 1100. The van der Waals surface area contributed by atoms with Gasteiger partial charge in [0.1, 0.15) is 0 Å². The van der Waals surface area contributed by atoms with E-state index in [1.54, 1.807) is 12.1 Å². The largest absolute Gasteiger partial charge is 0.436 e. The van der Waals surface area contributed by atoms with Crippen molar-refractivity contribution in [3.05, 3.63) is 29.3 Å². The topological polar surface area (TPSA) is 79.9 Å². The maximum Gasteiger partial charge on any atom is 0.408 e. The van der Waals surface area contributed by atoms with E-state index in [-0.39, 0.29) is 12.1 Å². The molecule has 32 heavy (non-hydrogen) atoms. The highest BCUT2D eigenvalue weighted by atomic mass is 35.5. The number of amides is 1. The number of nitrogens with zero attached hydrogens (tertiary/aromatic N) is 1. The van der Waals surface area contributed by atoms with Crippen LogP contribution in [0.15, 0.2) is 29.2 Å². The van der Waals surface area contributed by atoms with E-state index in [4.69, 9.17) is 21.1 Å². The molecule has 0 bridgehead atoms. The normalized spacial score (nSPS) is 43.9. The summed E-state index contributed by atoms with van der Waals surface area (Å²) in [7, 11) is -2.65.